The minimum Gasteiger partial charge on any atom is -0.462 e. The molecular formula is C22H24N4O3S. The number of amides is 1. The van der Waals surface area contributed by atoms with E-state index in [9.17, 15) is 9.59 Å². The lowest BCUT2D eigenvalue weighted by Crippen LogP contribution is -2.15. The number of carbonyl (C=O) groups is 2. The predicted octanol–water partition coefficient (Wildman–Crippen LogP) is 3.70. The van der Waals surface area contributed by atoms with Crippen molar-refractivity contribution < 1.29 is 14.3 Å². The molecule has 30 heavy (non-hydrogen) atoms. The summed E-state index contributed by atoms with van der Waals surface area (Å²) < 4.78 is 7.02. The third kappa shape index (κ3) is 5.93. The lowest BCUT2D eigenvalue weighted by Gasteiger charge is -2.08. The Balaban J connectivity index is 1.54. The van der Waals surface area contributed by atoms with E-state index in [4.69, 9.17) is 4.74 Å². The van der Waals surface area contributed by atoms with Crippen molar-refractivity contribution in [1.29, 1.82) is 0 Å². The molecule has 0 saturated carbocycles. The lowest BCUT2D eigenvalue weighted by atomic mass is 10.1. The molecule has 2 aromatic carbocycles. The molecule has 8 heteroatoms. The fourth-order valence-electron chi connectivity index (χ4n) is 2.73. The molecule has 0 aliphatic rings. The van der Waals surface area contributed by atoms with Crippen LogP contribution in [0.15, 0.2) is 59.8 Å². The molecule has 0 fully saturated rings. The van der Waals surface area contributed by atoms with E-state index in [1.165, 1.54) is 11.8 Å². The Labute approximate surface area is 179 Å². The van der Waals surface area contributed by atoms with Crippen LogP contribution in [0.5, 0.6) is 0 Å². The van der Waals surface area contributed by atoms with Gasteiger partial charge in [0.05, 0.1) is 17.9 Å². The Hall–Kier alpha value is -3.13. The average Bonchev–Trinajstić information content (AvgIpc) is 3.10. The number of hydrogen-bond donors (Lipinski definition) is 1. The molecule has 1 amide bonds. The molecule has 3 aromatic rings. The van der Waals surface area contributed by atoms with E-state index in [2.05, 4.69) is 15.5 Å². The van der Waals surface area contributed by atoms with Gasteiger partial charge in [0.2, 0.25) is 5.91 Å². The normalized spacial score (nSPS) is 10.6. The van der Waals surface area contributed by atoms with E-state index in [-0.39, 0.29) is 11.7 Å². The van der Waals surface area contributed by atoms with Crippen LogP contribution in [0.25, 0.3) is 0 Å². The number of carbonyl (C=O) groups excluding carboxylic acids is 2. The fourth-order valence-corrected chi connectivity index (χ4v) is 3.46. The summed E-state index contributed by atoms with van der Waals surface area (Å²) in [7, 11) is 1.89. The summed E-state index contributed by atoms with van der Waals surface area (Å²) in [6.07, 6.45) is 1.44. The van der Waals surface area contributed by atoms with E-state index < -0.39 is 5.97 Å². The first-order valence-corrected chi connectivity index (χ1v) is 10.7. The van der Waals surface area contributed by atoms with Crippen molar-refractivity contribution in [2.24, 2.45) is 7.05 Å². The number of ether oxygens (including phenoxy) is 1. The molecule has 1 heterocycles. The molecule has 7 nitrogen and oxygen atoms in total. The molecule has 0 aliphatic carbocycles. The van der Waals surface area contributed by atoms with Crippen molar-refractivity contribution in [1.82, 2.24) is 14.8 Å². The van der Waals surface area contributed by atoms with E-state index in [1.807, 2.05) is 48.9 Å². The van der Waals surface area contributed by atoms with Crippen molar-refractivity contribution in [3.63, 3.8) is 0 Å². The molecule has 0 radical (unpaired) electrons. The first-order chi connectivity index (χ1) is 14.6. The van der Waals surface area contributed by atoms with Crippen molar-refractivity contribution >= 4 is 29.3 Å². The molecule has 0 unspecified atom stereocenters. The number of nitrogens with zero attached hydrogens (tertiary/aromatic N) is 3. The Bertz CT molecular complexity index is 1000. The minimum absolute atomic E-state index is 0.182. The monoisotopic (exact) mass is 424 g/mol. The largest absolute Gasteiger partial charge is 0.462 e. The summed E-state index contributed by atoms with van der Waals surface area (Å²) in [5.74, 6) is 0.434. The average molecular weight is 425 g/mol. The summed E-state index contributed by atoms with van der Waals surface area (Å²) in [5.41, 5.74) is 2.11. The lowest BCUT2D eigenvalue weighted by molar-refractivity contribution is -0.113. The van der Waals surface area contributed by atoms with E-state index in [0.29, 0.717) is 29.4 Å². The molecule has 0 spiro atoms. The van der Waals surface area contributed by atoms with E-state index in [0.717, 1.165) is 17.8 Å². The topological polar surface area (TPSA) is 86.1 Å². The SMILES string of the molecule is CCCOC(=O)c1cccc(NC(=O)CSc2nnc(Cc3ccccc3)n2C)c1. The molecular weight excluding hydrogens is 400 g/mol. The van der Waals surface area contributed by atoms with Gasteiger partial charge in [0.15, 0.2) is 5.16 Å². The molecule has 1 aromatic heterocycles. The fraction of sp³-hybridized carbons (Fsp3) is 0.273. The van der Waals surface area contributed by atoms with Crippen LogP contribution in [-0.2, 0) is 23.0 Å². The number of esters is 1. The minimum atomic E-state index is -0.396. The van der Waals surface area contributed by atoms with Crippen LogP contribution in [0.1, 0.15) is 35.1 Å². The molecule has 0 aliphatic heterocycles. The van der Waals surface area contributed by atoms with Crippen LogP contribution in [0.3, 0.4) is 0 Å². The zero-order valence-electron chi connectivity index (χ0n) is 17.0. The third-order valence-corrected chi connectivity index (χ3v) is 5.30. The van der Waals surface area contributed by atoms with Gasteiger partial charge >= 0.3 is 5.97 Å². The highest BCUT2D eigenvalue weighted by Crippen LogP contribution is 2.18. The van der Waals surface area contributed by atoms with Gasteiger partial charge in [-0.2, -0.15) is 0 Å². The second-order valence-electron chi connectivity index (χ2n) is 6.67. The molecule has 1 N–H and O–H groups in total. The number of benzene rings is 2. The summed E-state index contributed by atoms with van der Waals surface area (Å²) in [6.45, 7) is 2.30. The second kappa shape index (κ2) is 10.6. The summed E-state index contributed by atoms with van der Waals surface area (Å²) in [6, 6.07) is 16.8. The number of rotatable bonds is 9. The number of aromatic nitrogens is 3. The number of hydrogen-bond acceptors (Lipinski definition) is 6. The van der Waals surface area contributed by atoms with Crippen molar-refractivity contribution in [3.8, 4) is 0 Å². The predicted molar refractivity (Wildman–Crippen MR) is 117 cm³/mol. The first kappa shape index (κ1) is 21.6. The van der Waals surface area contributed by atoms with E-state index in [1.54, 1.807) is 24.3 Å². The van der Waals surface area contributed by atoms with Gasteiger partial charge in [0.1, 0.15) is 5.82 Å². The highest BCUT2D eigenvalue weighted by Gasteiger charge is 2.13. The van der Waals surface area contributed by atoms with Crippen molar-refractivity contribution in [3.05, 3.63) is 71.5 Å². The smallest absolute Gasteiger partial charge is 0.338 e. The highest BCUT2D eigenvalue weighted by atomic mass is 32.2. The van der Waals surface area contributed by atoms with Gasteiger partial charge in [-0.25, -0.2) is 4.79 Å². The van der Waals surface area contributed by atoms with Crippen LogP contribution in [0, 0.1) is 0 Å². The first-order valence-electron chi connectivity index (χ1n) is 9.69. The highest BCUT2D eigenvalue weighted by molar-refractivity contribution is 7.99. The van der Waals surface area contributed by atoms with Crippen LogP contribution in [-0.4, -0.2) is 39.0 Å². The van der Waals surface area contributed by atoms with E-state index >= 15 is 0 Å². The molecule has 0 atom stereocenters. The van der Waals surface area contributed by atoms with Crippen molar-refractivity contribution in [2.45, 2.75) is 24.9 Å². The summed E-state index contributed by atoms with van der Waals surface area (Å²) in [5, 5.41) is 11.9. The number of nitrogens with one attached hydrogen (secondary N) is 1. The van der Waals surface area contributed by atoms with Gasteiger partial charge in [-0.3, -0.25) is 4.79 Å². The summed E-state index contributed by atoms with van der Waals surface area (Å²) in [4.78, 5) is 24.3. The maximum atomic E-state index is 12.3. The maximum absolute atomic E-state index is 12.3. The Morgan fingerprint density at radius 2 is 1.90 bits per heavy atom. The molecule has 0 bridgehead atoms. The van der Waals surface area contributed by atoms with Gasteiger partial charge in [-0.1, -0.05) is 55.1 Å². The molecule has 156 valence electrons. The summed E-state index contributed by atoms with van der Waals surface area (Å²) >= 11 is 1.31. The van der Waals surface area contributed by atoms with Gasteiger partial charge in [0.25, 0.3) is 0 Å². The maximum Gasteiger partial charge on any atom is 0.338 e. The number of anilines is 1. The van der Waals surface area contributed by atoms with Crippen LogP contribution in [0.4, 0.5) is 5.69 Å². The quantitative estimate of drug-likeness (QED) is 0.416. The molecule has 3 rings (SSSR count). The van der Waals surface area contributed by atoms with Gasteiger partial charge < -0.3 is 14.6 Å². The second-order valence-corrected chi connectivity index (χ2v) is 7.62. The number of thioether (sulfide) groups is 1. The van der Waals surface area contributed by atoms with Crippen LogP contribution in [0.2, 0.25) is 0 Å². The Morgan fingerprint density at radius 1 is 1.10 bits per heavy atom. The van der Waals surface area contributed by atoms with Crippen molar-refractivity contribution in [2.75, 3.05) is 17.7 Å². The molecule has 0 saturated heterocycles. The van der Waals surface area contributed by atoms with Gasteiger partial charge in [-0.15, -0.1) is 10.2 Å². The van der Waals surface area contributed by atoms with Crippen LogP contribution < -0.4 is 5.32 Å². The van der Waals surface area contributed by atoms with Gasteiger partial charge in [-0.05, 0) is 30.2 Å². The zero-order valence-corrected chi connectivity index (χ0v) is 17.8. The third-order valence-electron chi connectivity index (χ3n) is 4.28. The zero-order chi connectivity index (χ0) is 21.3. The standard InChI is InChI=1S/C22H24N4O3S/c1-3-12-29-21(28)17-10-7-11-18(14-17)23-20(27)15-30-22-25-24-19(26(22)2)13-16-8-5-4-6-9-16/h4-11,14H,3,12-13,15H2,1-2H3,(H,23,27). The Kier molecular flexibility index (Phi) is 7.62. The van der Waals surface area contributed by atoms with Crippen LogP contribution >= 0.6 is 11.8 Å². The Morgan fingerprint density at radius 3 is 2.67 bits per heavy atom. The van der Waals surface area contributed by atoms with Gasteiger partial charge in [0, 0.05) is 19.2 Å².